The Bertz CT molecular complexity index is 438. The van der Waals surface area contributed by atoms with Crippen LogP contribution in [0.3, 0.4) is 0 Å². The first kappa shape index (κ1) is 13.2. The van der Waals surface area contributed by atoms with Gasteiger partial charge in [-0.05, 0) is 25.5 Å². The fourth-order valence-corrected chi connectivity index (χ4v) is 2.49. The zero-order valence-corrected chi connectivity index (χ0v) is 11.2. The molecule has 98 valence electrons. The lowest BCUT2D eigenvalue weighted by Crippen LogP contribution is -2.49. The van der Waals surface area contributed by atoms with Crippen LogP contribution in [0.15, 0.2) is 24.3 Å². The molecule has 3 N–H and O–H groups in total. The van der Waals surface area contributed by atoms with E-state index >= 15 is 0 Å². The molecule has 0 bridgehead atoms. The number of para-hydroxylation sites is 1. The van der Waals surface area contributed by atoms with E-state index < -0.39 is 0 Å². The zero-order chi connectivity index (χ0) is 13.1. The summed E-state index contributed by atoms with van der Waals surface area (Å²) in [5.41, 5.74) is 6.61. The molecule has 1 saturated heterocycles. The fraction of sp³-hybridized carbons (Fsp3) is 0.462. The normalized spacial score (nSPS) is 24.6. The van der Waals surface area contributed by atoms with Gasteiger partial charge in [0.15, 0.2) is 0 Å². The van der Waals surface area contributed by atoms with E-state index in [-0.39, 0.29) is 24.5 Å². The van der Waals surface area contributed by atoms with E-state index in [4.69, 9.17) is 17.3 Å². The van der Waals surface area contributed by atoms with Crippen molar-refractivity contribution in [2.24, 2.45) is 5.73 Å². The minimum absolute atomic E-state index is 0.0255. The molecular formula is C13H18ClN3O. The second-order valence-electron chi connectivity index (χ2n) is 4.59. The third-order valence-corrected chi connectivity index (χ3v) is 3.58. The van der Waals surface area contributed by atoms with Gasteiger partial charge < -0.3 is 16.0 Å². The van der Waals surface area contributed by atoms with Crippen LogP contribution in [0.25, 0.3) is 0 Å². The lowest BCUT2D eigenvalue weighted by Gasteiger charge is -2.30. The molecule has 5 heteroatoms. The van der Waals surface area contributed by atoms with Gasteiger partial charge in [0.2, 0.25) is 5.91 Å². The summed E-state index contributed by atoms with van der Waals surface area (Å²) in [4.78, 5) is 14.1. The summed E-state index contributed by atoms with van der Waals surface area (Å²) in [6.07, 6.45) is 0.882. The van der Waals surface area contributed by atoms with E-state index in [1.165, 1.54) is 0 Å². The van der Waals surface area contributed by atoms with Gasteiger partial charge >= 0.3 is 0 Å². The highest BCUT2D eigenvalue weighted by Crippen LogP contribution is 2.28. The number of rotatable bonds is 2. The van der Waals surface area contributed by atoms with Gasteiger partial charge in [-0.3, -0.25) is 4.79 Å². The van der Waals surface area contributed by atoms with Gasteiger partial charge in [-0.1, -0.05) is 23.7 Å². The van der Waals surface area contributed by atoms with E-state index in [1.807, 2.05) is 36.1 Å². The molecule has 0 saturated carbocycles. The number of anilines is 1. The lowest BCUT2D eigenvalue weighted by molar-refractivity contribution is -0.122. The van der Waals surface area contributed by atoms with Crippen molar-refractivity contribution >= 4 is 23.2 Å². The number of carbonyl (C=O) groups is 1. The van der Waals surface area contributed by atoms with Crippen molar-refractivity contribution in [2.45, 2.75) is 25.4 Å². The Hall–Kier alpha value is -1.26. The largest absolute Gasteiger partial charge is 0.357 e. The van der Waals surface area contributed by atoms with E-state index in [0.29, 0.717) is 5.02 Å². The lowest BCUT2D eigenvalue weighted by atomic mass is 10.2. The molecule has 1 aliphatic heterocycles. The number of nitrogens with two attached hydrogens (primary N) is 1. The number of hydrogen-bond acceptors (Lipinski definition) is 3. The van der Waals surface area contributed by atoms with Gasteiger partial charge in [0.05, 0.1) is 10.7 Å². The summed E-state index contributed by atoms with van der Waals surface area (Å²) in [7, 11) is 0. The minimum Gasteiger partial charge on any atom is -0.357 e. The van der Waals surface area contributed by atoms with Crippen LogP contribution in [0.1, 0.15) is 13.3 Å². The zero-order valence-electron chi connectivity index (χ0n) is 10.4. The predicted molar refractivity (Wildman–Crippen MR) is 73.9 cm³/mol. The van der Waals surface area contributed by atoms with Crippen molar-refractivity contribution < 1.29 is 4.79 Å². The van der Waals surface area contributed by atoms with Crippen molar-refractivity contribution in [2.75, 3.05) is 18.0 Å². The van der Waals surface area contributed by atoms with Crippen LogP contribution in [0.2, 0.25) is 5.02 Å². The van der Waals surface area contributed by atoms with E-state index in [0.717, 1.165) is 18.7 Å². The molecule has 0 spiro atoms. The molecular weight excluding hydrogens is 250 g/mol. The van der Waals surface area contributed by atoms with Crippen LogP contribution < -0.4 is 16.0 Å². The number of nitrogens with one attached hydrogen (secondary N) is 1. The van der Waals surface area contributed by atoms with Crippen molar-refractivity contribution in [3.63, 3.8) is 0 Å². The molecule has 1 aliphatic rings. The van der Waals surface area contributed by atoms with E-state index in [1.54, 1.807) is 0 Å². The number of amides is 1. The Morgan fingerprint density at radius 1 is 1.50 bits per heavy atom. The SMILES string of the molecule is CC1CCN(c2ccccc2Cl)C(CN)C(=O)N1. The van der Waals surface area contributed by atoms with Crippen LogP contribution in [0.4, 0.5) is 5.69 Å². The second-order valence-corrected chi connectivity index (χ2v) is 5.00. The first-order chi connectivity index (χ1) is 8.63. The van der Waals surface area contributed by atoms with E-state index in [2.05, 4.69) is 5.32 Å². The Labute approximate surface area is 112 Å². The maximum atomic E-state index is 12.1. The third kappa shape index (κ3) is 2.60. The molecule has 0 aliphatic carbocycles. The molecule has 2 unspecified atom stereocenters. The highest BCUT2D eigenvalue weighted by atomic mass is 35.5. The van der Waals surface area contributed by atoms with Crippen LogP contribution in [0.5, 0.6) is 0 Å². The minimum atomic E-state index is -0.352. The topological polar surface area (TPSA) is 58.4 Å². The Balaban J connectivity index is 2.34. The van der Waals surface area contributed by atoms with Crippen LogP contribution >= 0.6 is 11.6 Å². The average Bonchev–Trinajstić information content (AvgIpc) is 2.48. The van der Waals surface area contributed by atoms with Crippen LogP contribution in [0, 0.1) is 0 Å². The molecule has 18 heavy (non-hydrogen) atoms. The molecule has 0 aromatic heterocycles. The molecule has 1 amide bonds. The van der Waals surface area contributed by atoms with Crippen LogP contribution in [-0.2, 0) is 4.79 Å². The first-order valence-corrected chi connectivity index (χ1v) is 6.53. The highest BCUT2D eigenvalue weighted by Gasteiger charge is 2.30. The van der Waals surface area contributed by atoms with E-state index in [9.17, 15) is 4.79 Å². The van der Waals surface area contributed by atoms with Gasteiger partial charge in [0.1, 0.15) is 6.04 Å². The maximum absolute atomic E-state index is 12.1. The average molecular weight is 268 g/mol. The summed E-state index contributed by atoms with van der Waals surface area (Å²) in [5.74, 6) is -0.0255. The van der Waals surface area contributed by atoms with Gasteiger partial charge in [0.25, 0.3) is 0 Å². The quantitative estimate of drug-likeness (QED) is 0.851. The second kappa shape index (κ2) is 5.59. The molecule has 1 fully saturated rings. The smallest absolute Gasteiger partial charge is 0.244 e. The first-order valence-electron chi connectivity index (χ1n) is 6.15. The summed E-state index contributed by atoms with van der Waals surface area (Å²) >= 11 is 6.20. The summed E-state index contributed by atoms with van der Waals surface area (Å²) < 4.78 is 0. The molecule has 1 heterocycles. The number of halogens is 1. The molecule has 2 atom stereocenters. The van der Waals surface area contributed by atoms with Crippen molar-refractivity contribution in [1.29, 1.82) is 0 Å². The molecule has 2 rings (SSSR count). The molecule has 1 aromatic carbocycles. The number of carbonyl (C=O) groups excluding carboxylic acids is 1. The number of hydrogen-bond donors (Lipinski definition) is 2. The van der Waals surface area contributed by atoms with Gasteiger partial charge in [-0.15, -0.1) is 0 Å². The van der Waals surface area contributed by atoms with Gasteiger partial charge in [0, 0.05) is 19.1 Å². The summed E-state index contributed by atoms with van der Waals surface area (Å²) in [5, 5.41) is 3.61. The highest BCUT2D eigenvalue weighted by molar-refractivity contribution is 6.33. The Morgan fingerprint density at radius 3 is 2.89 bits per heavy atom. The molecule has 4 nitrogen and oxygen atoms in total. The standard InChI is InChI=1S/C13H18ClN3O/c1-9-6-7-17(12(8-15)13(18)16-9)11-5-3-2-4-10(11)14/h2-5,9,12H,6-8,15H2,1H3,(H,16,18). The molecule has 1 aromatic rings. The van der Waals surface area contributed by atoms with Crippen molar-refractivity contribution in [3.8, 4) is 0 Å². The van der Waals surface area contributed by atoms with Crippen LogP contribution in [-0.4, -0.2) is 31.1 Å². The van der Waals surface area contributed by atoms with Gasteiger partial charge in [-0.25, -0.2) is 0 Å². The fourth-order valence-electron chi connectivity index (χ4n) is 2.25. The third-order valence-electron chi connectivity index (χ3n) is 3.26. The Kier molecular flexibility index (Phi) is 4.09. The molecule has 0 radical (unpaired) electrons. The van der Waals surface area contributed by atoms with Crippen molar-refractivity contribution in [3.05, 3.63) is 29.3 Å². The predicted octanol–water partition coefficient (Wildman–Crippen LogP) is 1.38. The van der Waals surface area contributed by atoms with Gasteiger partial charge in [-0.2, -0.15) is 0 Å². The number of nitrogens with zero attached hydrogens (tertiary/aromatic N) is 1. The Morgan fingerprint density at radius 2 is 2.22 bits per heavy atom. The number of benzene rings is 1. The van der Waals surface area contributed by atoms with Crippen molar-refractivity contribution in [1.82, 2.24) is 5.32 Å². The summed E-state index contributed by atoms with van der Waals surface area (Å²) in [6.45, 7) is 3.05. The monoisotopic (exact) mass is 267 g/mol. The summed E-state index contributed by atoms with van der Waals surface area (Å²) in [6, 6.07) is 7.37. The maximum Gasteiger partial charge on any atom is 0.244 e.